The molecule has 0 saturated heterocycles. The zero-order chi connectivity index (χ0) is 11.9. The number of allylic oxidation sites excluding steroid dienone is 1. The Bertz CT molecular complexity index is 434. The second kappa shape index (κ2) is 3.55. The van der Waals surface area contributed by atoms with E-state index in [2.05, 4.69) is 44.5 Å². The van der Waals surface area contributed by atoms with Crippen LogP contribution in [0.25, 0.3) is 0 Å². The van der Waals surface area contributed by atoms with Crippen LogP contribution in [0.1, 0.15) is 26.3 Å². The van der Waals surface area contributed by atoms with E-state index in [1.165, 1.54) is 11.3 Å². The zero-order valence-corrected chi connectivity index (χ0v) is 10.5. The number of fused-ring (bicyclic) bond motifs is 1. The van der Waals surface area contributed by atoms with Gasteiger partial charge in [0.1, 0.15) is 5.75 Å². The molecule has 0 saturated carbocycles. The molecule has 0 spiro atoms. The van der Waals surface area contributed by atoms with E-state index in [4.69, 9.17) is 4.74 Å². The van der Waals surface area contributed by atoms with Crippen molar-refractivity contribution >= 4 is 5.69 Å². The predicted molar refractivity (Wildman–Crippen MR) is 68.2 cm³/mol. The Morgan fingerprint density at radius 2 is 2.06 bits per heavy atom. The highest BCUT2D eigenvalue weighted by Gasteiger charge is 2.38. The third-order valence-corrected chi connectivity index (χ3v) is 3.43. The van der Waals surface area contributed by atoms with Crippen LogP contribution in [0.4, 0.5) is 5.69 Å². The van der Waals surface area contributed by atoms with Gasteiger partial charge in [0.2, 0.25) is 0 Å². The molecule has 0 aromatic heterocycles. The first-order valence-corrected chi connectivity index (χ1v) is 5.69. The molecule has 86 valence electrons. The summed E-state index contributed by atoms with van der Waals surface area (Å²) >= 11 is 0. The highest BCUT2D eigenvalue weighted by molar-refractivity contribution is 5.75. The lowest BCUT2D eigenvalue weighted by molar-refractivity contribution is 0.341. The van der Waals surface area contributed by atoms with Gasteiger partial charge in [-0.3, -0.25) is 0 Å². The molecule has 2 nitrogen and oxygen atoms in total. The second-order valence-electron chi connectivity index (χ2n) is 4.72. The maximum Gasteiger partial charge on any atom is 0.143 e. The summed E-state index contributed by atoms with van der Waals surface area (Å²) in [6.07, 6.45) is 0. The van der Waals surface area contributed by atoms with Gasteiger partial charge in [0.15, 0.2) is 0 Å². The maximum atomic E-state index is 5.68. The summed E-state index contributed by atoms with van der Waals surface area (Å²) in [5.74, 6) is 0.953. The summed E-state index contributed by atoms with van der Waals surface area (Å²) in [7, 11) is 2.05. The molecular weight excluding hydrogens is 198 g/mol. The second-order valence-corrected chi connectivity index (χ2v) is 4.72. The average molecular weight is 217 g/mol. The minimum atomic E-state index is -0.00278. The van der Waals surface area contributed by atoms with Gasteiger partial charge in [-0.05, 0) is 18.6 Å². The molecule has 1 aromatic rings. The minimum absolute atomic E-state index is 0.00278. The van der Waals surface area contributed by atoms with Crippen molar-refractivity contribution in [3.63, 3.8) is 0 Å². The van der Waals surface area contributed by atoms with Crippen molar-refractivity contribution in [2.75, 3.05) is 18.6 Å². The molecule has 0 radical (unpaired) electrons. The van der Waals surface area contributed by atoms with Crippen molar-refractivity contribution in [3.05, 3.63) is 36.0 Å². The third kappa shape index (κ3) is 1.33. The van der Waals surface area contributed by atoms with Crippen LogP contribution in [0.5, 0.6) is 5.75 Å². The molecule has 1 heterocycles. The molecule has 1 aliphatic rings. The van der Waals surface area contributed by atoms with E-state index in [0.717, 1.165) is 11.4 Å². The summed E-state index contributed by atoms with van der Waals surface area (Å²) in [5.41, 5.74) is 3.58. The number of anilines is 1. The SMILES string of the molecule is C=C1N(C)c2c(OCC)cccc2C1(C)C. The van der Waals surface area contributed by atoms with Crippen LogP contribution in [-0.4, -0.2) is 13.7 Å². The molecule has 0 unspecified atom stereocenters. The van der Waals surface area contributed by atoms with E-state index in [-0.39, 0.29) is 5.41 Å². The first kappa shape index (κ1) is 11.1. The van der Waals surface area contributed by atoms with Crippen molar-refractivity contribution < 1.29 is 4.74 Å². The molecule has 2 heteroatoms. The van der Waals surface area contributed by atoms with Crippen LogP contribution in [0.15, 0.2) is 30.5 Å². The normalized spacial score (nSPS) is 17.5. The first-order valence-electron chi connectivity index (χ1n) is 5.69. The third-order valence-electron chi connectivity index (χ3n) is 3.43. The Hall–Kier alpha value is -1.44. The Kier molecular flexibility index (Phi) is 2.45. The number of likely N-dealkylation sites (N-methyl/N-ethyl adjacent to an activating group) is 1. The lowest BCUT2D eigenvalue weighted by Crippen LogP contribution is -2.21. The van der Waals surface area contributed by atoms with Crippen LogP contribution in [0.2, 0.25) is 0 Å². The van der Waals surface area contributed by atoms with E-state index in [0.29, 0.717) is 6.61 Å². The Morgan fingerprint density at radius 1 is 1.38 bits per heavy atom. The van der Waals surface area contributed by atoms with E-state index < -0.39 is 0 Å². The van der Waals surface area contributed by atoms with Gasteiger partial charge in [-0.15, -0.1) is 0 Å². The number of para-hydroxylation sites is 1. The van der Waals surface area contributed by atoms with E-state index in [1.54, 1.807) is 0 Å². The standard InChI is InChI=1S/C14H19NO/c1-6-16-12-9-7-8-11-13(12)15(5)10(2)14(11,3)4/h7-9H,2,6H2,1,3-5H3. The minimum Gasteiger partial charge on any atom is -0.492 e. The summed E-state index contributed by atoms with van der Waals surface area (Å²) < 4.78 is 5.68. The van der Waals surface area contributed by atoms with Crippen molar-refractivity contribution in [2.24, 2.45) is 0 Å². The van der Waals surface area contributed by atoms with Gasteiger partial charge in [-0.1, -0.05) is 32.6 Å². The number of ether oxygens (including phenoxy) is 1. The molecule has 0 amide bonds. The lowest BCUT2D eigenvalue weighted by Gasteiger charge is -2.22. The van der Waals surface area contributed by atoms with Crippen LogP contribution in [0.3, 0.4) is 0 Å². The number of benzene rings is 1. The summed E-state index contributed by atoms with van der Waals surface area (Å²) in [4.78, 5) is 2.14. The Balaban J connectivity index is 2.61. The van der Waals surface area contributed by atoms with Gasteiger partial charge in [0, 0.05) is 18.2 Å². The maximum absolute atomic E-state index is 5.68. The van der Waals surface area contributed by atoms with Crippen LogP contribution in [0, 0.1) is 0 Å². The van der Waals surface area contributed by atoms with Crippen LogP contribution in [-0.2, 0) is 5.41 Å². The smallest absolute Gasteiger partial charge is 0.143 e. The molecule has 1 aliphatic heterocycles. The highest BCUT2D eigenvalue weighted by Crippen LogP contribution is 2.50. The highest BCUT2D eigenvalue weighted by atomic mass is 16.5. The number of nitrogens with zero attached hydrogens (tertiary/aromatic N) is 1. The lowest BCUT2D eigenvalue weighted by atomic mass is 9.84. The van der Waals surface area contributed by atoms with Gasteiger partial charge < -0.3 is 9.64 Å². The molecule has 0 fully saturated rings. The first-order chi connectivity index (χ1) is 7.50. The summed E-state index contributed by atoms with van der Waals surface area (Å²) in [6.45, 7) is 11.3. The molecule has 1 aromatic carbocycles. The van der Waals surface area contributed by atoms with E-state index >= 15 is 0 Å². The fraction of sp³-hybridized carbons (Fsp3) is 0.429. The summed E-state index contributed by atoms with van der Waals surface area (Å²) in [5, 5.41) is 0. The number of rotatable bonds is 2. The Morgan fingerprint density at radius 3 is 2.69 bits per heavy atom. The molecule has 16 heavy (non-hydrogen) atoms. The van der Waals surface area contributed by atoms with Crippen LogP contribution >= 0.6 is 0 Å². The molecule has 0 atom stereocenters. The fourth-order valence-electron chi connectivity index (χ4n) is 2.35. The average Bonchev–Trinajstić information content (AvgIpc) is 2.42. The quantitative estimate of drug-likeness (QED) is 0.753. The van der Waals surface area contributed by atoms with Gasteiger partial charge in [-0.2, -0.15) is 0 Å². The Labute approximate surface area is 97.5 Å². The number of hydrogen-bond acceptors (Lipinski definition) is 2. The molecule has 0 bridgehead atoms. The van der Waals surface area contributed by atoms with Gasteiger partial charge in [0.25, 0.3) is 0 Å². The fourth-order valence-corrected chi connectivity index (χ4v) is 2.35. The van der Waals surface area contributed by atoms with Gasteiger partial charge in [0.05, 0.1) is 12.3 Å². The van der Waals surface area contributed by atoms with Crippen molar-refractivity contribution in [1.29, 1.82) is 0 Å². The van der Waals surface area contributed by atoms with Crippen molar-refractivity contribution in [1.82, 2.24) is 0 Å². The topological polar surface area (TPSA) is 12.5 Å². The van der Waals surface area contributed by atoms with Crippen molar-refractivity contribution in [3.8, 4) is 5.75 Å². The van der Waals surface area contributed by atoms with E-state index in [1.807, 2.05) is 13.0 Å². The van der Waals surface area contributed by atoms with E-state index in [9.17, 15) is 0 Å². The molecular formula is C14H19NO. The van der Waals surface area contributed by atoms with Crippen molar-refractivity contribution in [2.45, 2.75) is 26.2 Å². The zero-order valence-electron chi connectivity index (χ0n) is 10.5. The summed E-state index contributed by atoms with van der Waals surface area (Å²) in [6, 6.07) is 6.23. The number of hydrogen-bond donors (Lipinski definition) is 0. The predicted octanol–water partition coefficient (Wildman–Crippen LogP) is 3.33. The van der Waals surface area contributed by atoms with Gasteiger partial charge in [-0.25, -0.2) is 0 Å². The molecule has 0 N–H and O–H groups in total. The monoisotopic (exact) mass is 217 g/mol. The molecule has 0 aliphatic carbocycles. The van der Waals surface area contributed by atoms with Crippen LogP contribution < -0.4 is 9.64 Å². The van der Waals surface area contributed by atoms with Gasteiger partial charge >= 0.3 is 0 Å². The molecule has 2 rings (SSSR count). The largest absolute Gasteiger partial charge is 0.492 e.